The third-order valence-electron chi connectivity index (χ3n) is 2.33. The van der Waals surface area contributed by atoms with Gasteiger partial charge in [-0.25, -0.2) is 0 Å². The molecule has 70 valence electrons. The normalized spacial score (nSPS) is 10.5. The highest BCUT2D eigenvalue weighted by atomic mass is 16.1. The van der Waals surface area contributed by atoms with E-state index in [0.29, 0.717) is 5.92 Å². The van der Waals surface area contributed by atoms with Crippen LogP contribution >= 0.6 is 0 Å². The van der Waals surface area contributed by atoms with Gasteiger partial charge in [0, 0.05) is 5.56 Å². The van der Waals surface area contributed by atoms with Gasteiger partial charge in [-0.05, 0) is 48.6 Å². The van der Waals surface area contributed by atoms with Crippen molar-refractivity contribution in [3.05, 3.63) is 34.4 Å². The molecule has 0 spiro atoms. The van der Waals surface area contributed by atoms with Gasteiger partial charge in [0.2, 0.25) is 0 Å². The highest BCUT2D eigenvalue weighted by molar-refractivity contribution is 5.76. The van der Waals surface area contributed by atoms with Crippen molar-refractivity contribution in [3.63, 3.8) is 0 Å². The zero-order valence-corrected chi connectivity index (χ0v) is 8.72. The van der Waals surface area contributed by atoms with E-state index in [1.54, 1.807) is 0 Å². The van der Waals surface area contributed by atoms with Crippen LogP contribution in [0.2, 0.25) is 0 Å². The van der Waals surface area contributed by atoms with Crippen LogP contribution in [0.1, 0.15) is 46.8 Å². The molecule has 0 aliphatic carbocycles. The number of carbonyl (C=O) groups is 1. The lowest BCUT2D eigenvalue weighted by molar-refractivity contribution is 0.112. The van der Waals surface area contributed by atoms with E-state index in [0.717, 1.165) is 11.8 Å². The van der Waals surface area contributed by atoms with Gasteiger partial charge in [-0.3, -0.25) is 4.79 Å². The van der Waals surface area contributed by atoms with Gasteiger partial charge in [-0.1, -0.05) is 13.8 Å². The third-order valence-corrected chi connectivity index (χ3v) is 2.33. The summed E-state index contributed by atoms with van der Waals surface area (Å²) in [4.78, 5) is 10.6. The molecular formula is C12H16O. The van der Waals surface area contributed by atoms with E-state index in [1.165, 1.54) is 16.7 Å². The molecule has 0 unspecified atom stereocenters. The van der Waals surface area contributed by atoms with Gasteiger partial charge >= 0.3 is 0 Å². The Morgan fingerprint density at radius 2 is 1.62 bits per heavy atom. The fourth-order valence-corrected chi connectivity index (χ4v) is 1.99. The van der Waals surface area contributed by atoms with E-state index in [1.807, 2.05) is 12.1 Å². The molecule has 1 heteroatoms. The lowest BCUT2D eigenvalue weighted by Crippen LogP contribution is -1.97. The van der Waals surface area contributed by atoms with Crippen LogP contribution in [-0.4, -0.2) is 6.29 Å². The Bertz CT molecular complexity index is 301. The fourth-order valence-electron chi connectivity index (χ4n) is 1.99. The monoisotopic (exact) mass is 176 g/mol. The van der Waals surface area contributed by atoms with Crippen LogP contribution in [0.3, 0.4) is 0 Å². The largest absolute Gasteiger partial charge is 0.298 e. The summed E-state index contributed by atoms with van der Waals surface area (Å²) >= 11 is 0. The molecule has 0 aliphatic rings. The van der Waals surface area contributed by atoms with E-state index in [9.17, 15) is 4.79 Å². The first-order valence-corrected chi connectivity index (χ1v) is 4.62. The van der Waals surface area contributed by atoms with Gasteiger partial charge in [0.15, 0.2) is 0 Å². The Labute approximate surface area is 79.8 Å². The SMILES string of the molecule is Cc1cc(C=O)cc(C)c1C(C)C. The summed E-state index contributed by atoms with van der Waals surface area (Å²) in [7, 11) is 0. The smallest absolute Gasteiger partial charge is 0.150 e. The fraction of sp³-hybridized carbons (Fsp3) is 0.417. The number of benzene rings is 1. The average molecular weight is 176 g/mol. The van der Waals surface area contributed by atoms with Gasteiger partial charge in [-0.2, -0.15) is 0 Å². The Balaban J connectivity index is 3.31. The van der Waals surface area contributed by atoms with Crippen molar-refractivity contribution in [1.29, 1.82) is 0 Å². The number of aryl methyl sites for hydroxylation is 2. The molecule has 13 heavy (non-hydrogen) atoms. The minimum Gasteiger partial charge on any atom is -0.298 e. The molecule has 0 amide bonds. The standard InChI is InChI=1S/C12H16O/c1-8(2)12-9(3)5-11(7-13)6-10(12)4/h5-8H,1-4H3. The molecule has 1 aromatic rings. The van der Waals surface area contributed by atoms with Gasteiger partial charge in [0.25, 0.3) is 0 Å². The summed E-state index contributed by atoms with van der Waals surface area (Å²) in [6.07, 6.45) is 0.907. The van der Waals surface area contributed by atoms with E-state index in [2.05, 4.69) is 27.7 Å². The molecule has 0 aromatic heterocycles. The van der Waals surface area contributed by atoms with Crippen molar-refractivity contribution >= 4 is 6.29 Å². The molecule has 0 radical (unpaired) electrons. The highest BCUT2D eigenvalue weighted by Gasteiger charge is 2.07. The van der Waals surface area contributed by atoms with Crippen LogP contribution in [-0.2, 0) is 0 Å². The van der Waals surface area contributed by atoms with Gasteiger partial charge in [-0.15, -0.1) is 0 Å². The van der Waals surface area contributed by atoms with E-state index >= 15 is 0 Å². The number of aldehydes is 1. The Morgan fingerprint density at radius 3 is 1.92 bits per heavy atom. The van der Waals surface area contributed by atoms with Crippen molar-refractivity contribution < 1.29 is 4.79 Å². The van der Waals surface area contributed by atoms with Crippen molar-refractivity contribution in [3.8, 4) is 0 Å². The molecule has 0 atom stereocenters. The topological polar surface area (TPSA) is 17.1 Å². The zero-order valence-electron chi connectivity index (χ0n) is 8.72. The Hall–Kier alpha value is -1.11. The third kappa shape index (κ3) is 1.97. The van der Waals surface area contributed by atoms with Crippen LogP contribution in [0.4, 0.5) is 0 Å². The van der Waals surface area contributed by atoms with E-state index in [4.69, 9.17) is 0 Å². The molecule has 1 nitrogen and oxygen atoms in total. The van der Waals surface area contributed by atoms with Crippen molar-refractivity contribution in [1.82, 2.24) is 0 Å². The molecule has 0 saturated carbocycles. The van der Waals surface area contributed by atoms with E-state index in [-0.39, 0.29) is 0 Å². The molecule has 0 aliphatic heterocycles. The second-order valence-electron chi connectivity index (χ2n) is 3.84. The molecule has 0 bridgehead atoms. The number of carbonyl (C=O) groups excluding carboxylic acids is 1. The van der Waals surface area contributed by atoms with Gasteiger partial charge in [0.05, 0.1) is 0 Å². The summed E-state index contributed by atoms with van der Waals surface area (Å²) in [6.45, 7) is 8.48. The summed E-state index contributed by atoms with van der Waals surface area (Å²) in [5, 5.41) is 0. The molecule has 1 aromatic carbocycles. The van der Waals surface area contributed by atoms with Crippen LogP contribution in [0.15, 0.2) is 12.1 Å². The maximum atomic E-state index is 10.6. The van der Waals surface area contributed by atoms with Crippen LogP contribution in [0.5, 0.6) is 0 Å². The van der Waals surface area contributed by atoms with Crippen molar-refractivity contribution in [2.24, 2.45) is 0 Å². The minimum atomic E-state index is 0.528. The summed E-state index contributed by atoms with van der Waals surface area (Å²) in [5.41, 5.74) is 4.58. The van der Waals surface area contributed by atoms with Crippen molar-refractivity contribution in [2.45, 2.75) is 33.6 Å². The quantitative estimate of drug-likeness (QED) is 0.632. The predicted octanol–water partition coefficient (Wildman–Crippen LogP) is 3.24. The summed E-state index contributed by atoms with van der Waals surface area (Å²) < 4.78 is 0. The van der Waals surface area contributed by atoms with Crippen LogP contribution < -0.4 is 0 Å². The molecular weight excluding hydrogens is 160 g/mol. The lowest BCUT2D eigenvalue weighted by atomic mass is 9.92. The number of rotatable bonds is 2. The second kappa shape index (κ2) is 3.73. The first kappa shape index (κ1) is 9.97. The maximum Gasteiger partial charge on any atom is 0.150 e. The van der Waals surface area contributed by atoms with Crippen molar-refractivity contribution in [2.75, 3.05) is 0 Å². The van der Waals surface area contributed by atoms with Gasteiger partial charge in [0.1, 0.15) is 6.29 Å². The second-order valence-corrected chi connectivity index (χ2v) is 3.84. The predicted molar refractivity (Wildman–Crippen MR) is 55.4 cm³/mol. The average Bonchev–Trinajstić information content (AvgIpc) is 2.02. The van der Waals surface area contributed by atoms with Crippen LogP contribution in [0, 0.1) is 13.8 Å². The molecule has 1 rings (SSSR count). The zero-order chi connectivity index (χ0) is 10.0. The number of hydrogen-bond donors (Lipinski definition) is 0. The Morgan fingerprint density at radius 1 is 1.15 bits per heavy atom. The minimum absolute atomic E-state index is 0.528. The summed E-state index contributed by atoms with van der Waals surface area (Å²) in [5.74, 6) is 0.528. The molecule has 0 fully saturated rings. The number of hydrogen-bond acceptors (Lipinski definition) is 1. The lowest BCUT2D eigenvalue weighted by Gasteiger charge is -2.13. The molecule has 0 saturated heterocycles. The maximum absolute atomic E-state index is 10.6. The molecule has 0 N–H and O–H groups in total. The first-order valence-electron chi connectivity index (χ1n) is 4.62. The molecule has 0 heterocycles. The first-order chi connectivity index (χ1) is 6.06. The van der Waals surface area contributed by atoms with Crippen LogP contribution in [0.25, 0.3) is 0 Å². The highest BCUT2D eigenvalue weighted by Crippen LogP contribution is 2.23. The van der Waals surface area contributed by atoms with Gasteiger partial charge < -0.3 is 0 Å². The Kier molecular flexibility index (Phi) is 2.86. The summed E-state index contributed by atoms with van der Waals surface area (Å²) in [6, 6.07) is 3.91. The van der Waals surface area contributed by atoms with E-state index < -0.39 is 0 Å².